The minimum Gasteiger partial charge on any atom is -0.481 e. The Hall–Kier alpha value is -2.22. The Morgan fingerprint density at radius 1 is 1.33 bits per heavy atom. The molecule has 1 fully saturated rings. The van der Waals surface area contributed by atoms with Gasteiger partial charge in [-0.1, -0.05) is 33.3 Å². The van der Waals surface area contributed by atoms with Gasteiger partial charge in [-0.25, -0.2) is 4.68 Å². The molecule has 2 N–H and O–H groups in total. The number of halogens is 1. The van der Waals surface area contributed by atoms with Crippen LogP contribution in [0, 0.1) is 0 Å². The number of rotatable bonds is 7. The zero-order valence-electron chi connectivity index (χ0n) is 12.9. The van der Waals surface area contributed by atoms with Crippen LogP contribution in [-0.4, -0.2) is 32.0 Å². The first-order valence-corrected chi connectivity index (χ1v) is 8.47. The molecule has 0 spiro atoms. The first kappa shape index (κ1) is 16.6. The number of carbonyl (C=O) groups excluding carboxylic acids is 1. The van der Waals surface area contributed by atoms with E-state index in [1.165, 1.54) is 4.68 Å². The van der Waals surface area contributed by atoms with Crippen molar-refractivity contribution in [3.8, 4) is 0 Å². The van der Waals surface area contributed by atoms with Gasteiger partial charge >= 0.3 is 5.97 Å². The summed E-state index contributed by atoms with van der Waals surface area (Å²) in [5.41, 5.74) is 1.66. The zero-order chi connectivity index (χ0) is 17.1. The number of carboxylic acids is 1. The summed E-state index contributed by atoms with van der Waals surface area (Å²) in [5.74, 6) is -0.791. The largest absolute Gasteiger partial charge is 0.481 e. The van der Waals surface area contributed by atoms with Crippen LogP contribution in [0.2, 0.25) is 0 Å². The lowest BCUT2D eigenvalue weighted by molar-refractivity contribution is -0.137. The molecule has 24 heavy (non-hydrogen) atoms. The van der Waals surface area contributed by atoms with Crippen molar-refractivity contribution >= 4 is 27.8 Å². The van der Waals surface area contributed by atoms with E-state index in [4.69, 9.17) is 5.11 Å². The summed E-state index contributed by atoms with van der Waals surface area (Å²) in [6.45, 7) is 0.0202. The molecule has 1 aliphatic carbocycles. The molecule has 2 aromatic rings. The van der Waals surface area contributed by atoms with Crippen molar-refractivity contribution < 1.29 is 14.7 Å². The van der Waals surface area contributed by atoms with Crippen LogP contribution < -0.4 is 5.32 Å². The van der Waals surface area contributed by atoms with Crippen LogP contribution in [0.5, 0.6) is 0 Å². The molecular formula is C16H17BrN4O3. The number of aliphatic carboxylic acids is 1. The summed E-state index contributed by atoms with van der Waals surface area (Å²) in [4.78, 5) is 23.3. The second-order valence-electron chi connectivity index (χ2n) is 5.88. The number of aromatic nitrogens is 3. The van der Waals surface area contributed by atoms with Gasteiger partial charge in [0.05, 0.1) is 18.2 Å². The van der Waals surface area contributed by atoms with Crippen LogP contribution in [0.1, 0.15) is 42.5 Å². The maximum absolute atomic E-state index is 12.2. The topological polar surface area (TPSA) is 97.1 Å². The van der Waals surface area contributed by atoms with Crippen molar-refractivity contribution in [1.82, 2.24) is 20.3 Å². The van der Waals surface area contributed by atoms with Crippen LogP contribution in [0.15, 0.2) is 34.9 Å². The fourth-order valence-electron chi connectivity index (χ4n) is 2.47. The molecule has 1 aliphatic rings. The third-order valence-corrected chi connectivity index (χ3v) is 4.37. The van der Waals surface area contributed by atoms with Crippen LogP contribution in [0.25, 0.3) is 0 Å². The first-order valence-electron chi connectivity index (χ1n) is 7.68. The number of amides is 1. The van der Waals surface area contributed by atoms with Crippen molar-refractivity contribution in [2.24, 2.45) is 0 Å². The highest BCUT2D eigenvalue weighted by atomic mass is 79.9. The number of benzene rings is 1. The van der Waals surface area contributed by atoms with Gasteiger partial charge in [-0.2, -0.15) is 0 Å². The fourth-order valence-corrected chi connectivity index (χ4v) is 2.73. The minimum absolute atomic E-state index is 0.0202. The van der Waals surface area contributed by atoms with E-state index >= 15 is 0 Å². The Morgan fingerprint density at radius 2 is 2.04 bits per heavy atom. The van der Waals surface area contributed by atoms with Crippen molar-refractivity contribution in [3.63, 3.8) is 0 Å². The summed E-state index contributed by atoms with van der Waals surface area (Å²) in [6.07, 6.45) is 3.84. The van der Waals surface area contributed by atoms with Crippen molar-refractivity contribution in [3.05, 3.63) is 46.2 Å². The number of carboxylic acid groups (broad SMARTS) is 1. The number of nitrogens with zero attached hydrogens (tertiary/aromatic N) is 3. The lowest BCUT2D eigenvalue weighted by Gasteiger charge is -2.17. The summed E-state index contributed by atoms with van der Waals surface area (Å²) in [6, 6.07) is 6.62. The molecule has 1 amide bonds. The summed E-state index contributed by atoms with van der Waals surface area (Å²) in [7, 11) is 0. The average molecular weight is 393 g/mol. The molecule has 7 nitrogen and oxygen atoms in total. The maximum atomic E-state index is 12.2. The molecule has 126 valence electrons. The van der Waals surface area contributed by atoms with E-state index in [9.17, 15) is 9.59 Å². The fraction of sp³-hybridized carbons (Fsp3) is 0.375. The highest BCUT2D eigenvalue weighted by molar-refractivity contribution is 9.10. The SMILES string of the molecule is O=C(O)CC(NC(=O)Cn1cc(C2CC2)nn1)c1ccc(Br)cc1. The standard InChI is InChI=1S/C16H17BrN4O3/c17-12-5-3-10(4-6-12)13(7-16(23)24)18-15(22)9-21-8-14(19-20-21)11-1-2-11/h3-6,8,11,13H,1-2,7,9H2,(H,18,22)(H,23,24). The summed E-state index contributed by atoms with van der Waals surface area (Å²) in [5, 5.41) is 19.9. The summed E-state index contributed by atoms with van der Waals surface area (Å²) >= 11 is 3.34. The molecule has 1 aromatic heterocycles. The molecule has 0 saturated heterocycles. The van der Waals surface area contributed by atoms with Crippen molar-refractivity contribution in [2.75, 3.05) is 0 Å². The Bertz CT molecular complexity index is 740. The Kier molecular flexibility index (Phi) is 4.94. The van der Waals surface area contributed by atoms with Crippen molar-refractivity contribution in [2.45, 2.75) is 37.8 Å². The minimum atomic E-state index is -0.972. The van der Waals surface area contributed by atoms with Gasteiger partial charge in [0.25, 0.3) is 0 Å². The monoisotopic (exact) mass is 392 g/mol. The highest BCUT2D eigenvalue weighted by Crippen LogP contribution is 2.38. The van der Waals surface area contributed by atoms with Gasteiger partial charge in [-0.05, 0) is 30.5 Å². The zero-order valence-corrected chi connectivity index (χ0v) is 14.4. The Balaban J connectivity index is 1.65. The van der Waals surface area contributed by atoms with Crippen molar-refractivity contribution in [1.29, 1.82) is 0 Å². The molecule has 1 unspecified atom stereocenters. The molecule has 1 heterocycles. The Labute approximate surface area is 147 Å². The normalized spacial score (nSPS) is 15.0. The smallest absolute Gasteiger partial charge is 0.305 e. The second kappa shape index (κ2) is 7.12. The molecule has 0 aliphatic heterocycles. The van der Waals surface area contributed by atoms with Crippen LogP contribution in [0.4, 0.5) is 0 Å². The molecule has 3 rings (SSSR count). The van der Waals surface area contributed by atoms with Gasteiger partial charge in [-0.15, -0.1) is 5.10 Å². The number of nitrogens with one attached hydrogen (secondary N) is 1. The molecule has 1 aromatic carbocycles. The van der Waals surface area contributed by atoms with Crippen LogP contribution in [0.3, 0.4) is 0 Å². The predicted octanol–water partition coefficient (Wildman–Crippen LogP) is 2.25. The summed E-state index contributed by atoms with van der Waals surface area (Å²) < 4.78 is 2.38. The molecule has 1 saturated carbocycles. The molecule has 1 atom stereocenters. The van der Waals surface area contributed by atoms with E-state index < -0.39 is 12.0 Å². The molecule has 0 radical (unpaired) electrons. The van der Waals surface area contributed by atoms with E-state index in [1.54, 1.807) is 18.3 Å². The van der Waals surface area contributed by atoms with E-state index in [0.29, 0.717) is 5.92 Å². The lowest BCUT2D eigenvalue weighted by Crippen LogP contribution is -2.33. The quantitative estimate of drug-likeness (QED) is 0.752. The third kappa shape index (κ3) is 4.41. The van der Waals surface area contributed by atoms with Gasteiger partial charge in [0, 0.05) is 16.6 Å². The van der Waals surface area contributed by atoms with Gasteiger partial charge in [0.1, 0.15) is 6.54 Å². The second-order valence-corrected chi connectivity index (χ2v) is 6.80. The predicted molar refractivity (Wildman–Crippen MR) is 89.3 cm³/mol. The lowest BCUT2D eigenvalue weighted by atomic mass is 10.0. The van der Waals surface area contributed by atoms with Crippen LogP contribution >= 0.6 is 15.9 Å². The number of carbonyl (C=O) groups is 2. The number of hydrogen-bond acceptors (Lipinski definition) is 4. The van der Waals surface area contributed by atoms with E-state index in [-0.39, 0.29) is 18.9 Å². The van der Waals surface area contributed by atoms with Gasteiger partial charge in [0.2, 0.25) is 5.91 Å². The molecule has 8 heteroatoms. The number of hydrogen-bond donors (Lipinski definition) is 2. The van der Waals surface area contributed by atoms with E-state index in [0.717, 1.165) is 28.6 Å². The molecule has 0 bridgehead atoms. The Morgan fingerprint density at radius 3 is 2.67 bits per heavy atom. The van der Waals surface area contributed by atoms with Gasteiger partial charge < -0.3 is 10.4 Å². The van der Waals surface area contributed by atoms with Crippen LogP contribution in [-0.2, 0) is 16.1 Å². The maximum Gasteiger partial charge on any atom is 0.305 e. The highest BCUT2D eigenvalue weighted by Gasteiger charge is 2.27. The third-order valence-electron chi connectivity index (χ3n) is 3.84. The average Bonchev–Trinajstić information content (AvgIpc) is 3.27. The van der Waals surface area contributed by atoms with Gasteiger partial charge in [0.15, 0.2) is 0 Å². The molecular weight excluding hydrogens is 376 g/mol. The first-order chi connectivity index (χ1) is 11.5. The van der Waals surface area contributed by atoms with E-state index in [2.05, 4.69) is 31.6 Å². The van der Waals surface area contributed by atoms with E-state index in [1.807, 2.05) is 12.1 Å². The van der Waals surface area contributed by atoms with Gasteiger partial charge in [-0.3, -0.25) is 9.59 Å².